The molecule has 0 radical (unpaired) electrons. The van der Waals surface area contributed by atoms with Crippen LogP contribution in [0.15, 0.2) is 94.1 Å². The SMILES string of the molecule is O=C([O-])c1ccccc1-c1c2cc(I)c(=O)c(I)c-2oc2c(I)c([O-])c(I)cc12.[Na+].[Na+].c1ccc2c(c1)Cc1ccccc1O2. The molecule has 0 atom stereocenters. The smallest absolute Gasteiger partial charge is 0.871 e. The Labute approximate surface area is 357 Å². The summed E-state index contributed by atoms with van der Waals surface area (Å²) in [6, 6.07) is 26.3. The number of halogens is 4. The fraction of sp³-hybridized carbons (Fsp3) is 0.0303. The Bertz CT molecular complexity index is 2030. The summed E-state index contributed by atoms with van der Waals surface area (Å²) in [6.07, 6.45) is 0.979. The number of aromatic carboxylic acids is 1. The second-order valence-electron chi connectivity index (χ2n) is 9.56. The zero-order valence-corrected chi connectivity index (χ0v) is 36.4. The molecule has 4 aromatic rings. The minimum atomic E-state index is -1.31. The number of ether oxygens (including phenoxy) is 1. The summed E-state index contributed by atoms with van der Waals surface area (Å²) in [5.41, 5.74) is 4.34. The molecule has 6 nitrogen and oxygen atoms in total. The van der Waals surface area contributed by atoms with Gasteiger partial charge in [0.15, 0.2) is 5.76 Å². The van der Waals surface area contributed by atoms with E-state index in [2.05, 4.69) is 24.3 Å². The fourth-order valence-electron chi connectivity index (χ4n) is 4.98. The van der Waals surface area contributed by atoms with Crippen LogP contribution >= 0.6 is 90.4 Å². The third kappa shape index (κ3) is 7.44. The summed E-state index contributed by atoms with van der Waals surface area (Å²) < 4.78 is 13.6. The van der Waals surface area contributed by atoms with Crippen LogP contribution in [0.2, 0.25) is 0 Å². The quantitative estimate of drug-likeness (QED) is 0.149. The first kappa shape index (κ1) is 37.4. The summed E-state index contributed by atoms with van der Waals surface area (Å²) >= 11 is 7.76. The molecule has 0 unspecified atom stereocenters. The van der Waals surface area contributed by atoms with E-state index >= 15 is 0 Å². The van der Waals surface area contributed by atoms with Crippen molar-refractivity contribution in [1.82, 2.24) is 0 Å². The van der Waals surface area contributed by atoms with Gasteiger partial charge in [-0.05, 0) is 131 Å². The second kappa shape index (κ2) is 15.8. The van der Waals surface area contributed by atoms with Crippen LogP contribution in [0.5, 0.6) is 17.2 Å². The van der Waals surface area contributed by atoms with E-state index in [1.807, 2.05) is 115 Å². The summed E-state index contributed by atoms with van der Waals surface area (Å²) in [4.78, 5) is 24.3. The van der Waals surface area contributed by atoms with Crippen LogP contribution in [0, 0.1) is 14.3 Å². The molecular formula is C33H16I4Na2O6. The van der Waals surface area contributed by atoms with Gasteiger partial charge in [-0.1, -0.05) is 66.4 Å². The molecule has 0 spiro atoms. The van der Waals surface area contributed by atoms with Gasteiger partial charge < -0.3 is 24.2 Å². The maximum atomic E-state index is 12.5. The minimum Gasteiger partial charge on any atom is -0.871 e. The Hall–Kier alpha value is -0.440. The van der Waals surface area contributed by atoms with Crippen LogP contribution in [-0.2, 0) is 6.42 Å². The van der Waals surface area contributed by atoms with Crippen LogP contribution in [0.3, 0.4) is 0 Å². The Morgan fingerprint density at radius 2 is 1.31 bits per heavy atom. The van der Waals surface area contributed by atoms with E-state index in [-0.39, 0.29) is 75.9 Å². The predicted molar refractivity (Wildman–Crippen MR) is 195 cm³/mol. The predicted octanol–water partition coefficient (Wildman–Crippen LogP) is 1.81. The van der Waals surface area contributed by atoms with Gasteiger partial charge >= 0.3 is 59.1 Å². The third-order valence-corrected chi connectivity index (χ3v) is 10.5. The van der Waals surface area contributed by atoms with E-state index < -0.39 is 5.97 Å². The number of hydrogen-bond acceptors (Lipinski definition) is 6. The standard InChI is InChI=1S/C20H8I4O5.C13H10O.2Na/c21-11-5-9-13(7-3-1-2-4-8(7)20(27)28)10-6-12(22)17(26)15(24)19(10)29-18(9)14(23)16(11)25;1-3-7-12-10(5-1)9-11-6-2-4-8-13(11)14-12;;/h1-6,25H,(H,27,28);1-8H,9H2;;/q;;2*+1/p-2. The molecule has 2 aliphatic heterocycles. The van der Waals surface area contributed by atoms with Gasteiger partial charge in [0, 0.05) is 35.6 Å². The normalized spacial score (nSPS) is 11.2. The van der Waals surface area contributed by atoms with Crippen molar-refractivity contribution in [3.05, 3.63) is 126 Å². The Kier molecular flexibility index (Phi) is 13.2. The minimum absolute atomic E-state index is 0. The van der Waals surface area contributed by atoms with E-state index in [1.54, 1.807) is 30.3 Å². The zero-order valence-electron chi connectivity index (χ0n) is 23.8. The molecule has 0 saturated carbocycles. The van der Waals surface area contributed by atoms with E-state index in [9.17, 15) is 19.8 Å². The molecule has 1 aliphatic carbocycles. The van der Waals surface area contributed by atoms with Crippen molar-refractivity contribution in [1.29, 1.82) is 0 Å². The first-order valence-corrected chi connectivity index (χ1v) is 17.0. The van der Waals surface area contributed by atoms with Crippen molar-refractivity contribution in [3.63, 3.8) is 0 Å². The number of benzene rings is 5. The molecule has 0 fully saturated rings. The van der Waals surface area contributed by atoms with Gasteiger partial charge in [0.1, 0.15) is 20.7 Å². The first-order chi connectivity index (χ1) is 20.7. The molecule has 0 bridgehead atoms. The van der Waals surface area contributed by atoms with Crippen LogP contribution in [0.1, 0.15) is 21.5 Å². The Morgan fingerprint density at radius 1 is 0.733 bits per heavy atom. The van der Waals surface area contributed by atoms with E-state index in [1.165, 1.54) is 17.2 Å². The number of para-hydroxylation sites is 2. The van der Waals surface area contributed by atoms with Crippen molar-refractivity contribution < 1.29 is 83.3 Å². The van der Waals surface area contributed by atoms with Gasteiger partial charge in [-0.25, -0.2) is 0 Å². The zero-order chi connectivity index (χ0) is 30.4. The number of hydrogen-bond donors (Lipinski definition) is 0. The van der Waals surface area contributed by atoms with Crippen molar-refractivity contribution in [2.45, 2.75) is 6.42 Å². The summed E-state index contributed by atoms with van der Waals surface area (Å²) in [6.45, 7) is 0. The van der Waals surface area contributed by atoms with Gasteiger partial charge in [-0.3, -0.25) is 4.79 Å². The maximum Gasteiger partial charge on any atom is 1.00 e. The summed E-state index contributed by atoms with van der Waals surface area (Å²) in [5, 5.41) is 24.9. The van der Waals surface area contributed by atoms with Crippen molar-refractivity contribution in [2.75, 3.05) is 0 Å². The molecule has 0 saturated heterocycles. The number of carboxylic acid groups (broad SMARTS) is 1. The molecule has 4 aromatic carbocycles. The maximum absolute atomic E-state index is 12.5. The average Bonchev–Trinajstić information content (AvgIpc) is 3.01. The van der Waals surface area contributed by atoms with E-state index in [0.717, 1.165) is 17.9 Å². The molecule has 7 rings (SSSR count). The molecule has 12 heteroatoms. The Morgan fingerprint density at radius 3 is 1.93 bits per heavy atom. The van der Waals surface area contributed by atoms with Crippen molar-refractivity contribution in [2.24, 2.45) is 0 Å². The monoisotopic (exact) mass is 1060 g/mol. The Balaban J connectivity index is 0.000000242. The molecular weight excluding hydrogens is 1050 g/mol. The summed E-state index contributed by atoms with van der Waals surface area (Å²) in [5.74, 6) is 0.823. The van der Waals surface area contributed by atoms with Crippen LogP contribution in [0.4, 0.5) is 0 Å². The first-order valence-electron chi connectivity index (χ1n) is 12.7. The molecule has 45 heavy (non-hydrogen) atoms. The molecule has 3 aliphatic rings. The fourth-order valence-corrected chi connectivity index (χ4v) is 8.55. The number of carbonyl (C=O) groups excluding carboxylic acids is 1. The van der Waals surface area contributed by atoms with Gasteiger partial charge in [0.2, 0.25) is 5.43 Å². The van der Waals surface area contributed by atoms with Crippen LogP contribution in [-0.4, -0.2) is 5.97 Å². The molecule has 0 N–H and O–H groups in total. The third-order valence-electron chi connectivity index (χ3n) is 6.97. The van der Waals surface area contributed by atoms with Crippen molar-refractivity contribution in [3.8, 4) is 39.7 Å². The van der Waals surface area contributed by atoms with Crippen molar-refractivity contribution >= 4 is 107 Å². The number of carbonyl (C=O) groups is 1. The van der Waals surface area contributed by atoms with Crippen LogP contribution < -0.4 is 79.5 Å². The number of fused-ring (bicyclic) bond motifs is 4. The van der Waals surface area contributed by atoms with Crippen LogP contribution in [0.25, 0.3) is 33.4 Å². The van der Waals surface area contributed by atoms with Gasteiger partial charge in [-0.15, -0.1) is 0 Å². The number of carboxylic acids is 1. The number of rotatable bonds is 2. The second-order valence-corrected chi connectivity index (χ2v) is 14.0. The van der Waals surface area contributed by atoms with E-state index in [0.29, 0.717) is 47.7 Å². The topological polar surface area (TPSA) is 103 Å². The van der Waals surface area contributed by atoms with Gasteiger partial charge in [0.05, 0.1) is 9.54 Å². The van der Waals surface area contributed by atoms with Gasteiger partial charge in [0.25, 0.3) is 0 Å². The molecule has 214 valence electrons. The van der Waals surface area contributed by atoms with E-state index in [4.69, 9.17) is 9.15 Å². The largest absolute Gasteiger partial charge is 1.00 e. The molecule has 0 aromatic heterocycles. The molecule has 2 heterocycles. The summed E-state index contributed by atoms with van der Waals surface area (Å²) in [7, 11) is 0. The average molecular weight is 1060 g/mol. The molecule has 0 amide bonds. The van der Waals surface area contributed by atoms with Gasteiger partial charge in [-0.2, -0.15) is 0 Å².